The normalized spacial score (nSPS) is 29.5. The molecule has 8 aromatic rings. The van der Waals surface area contributed by atoms with Gasteiger partial charge < -0.3 is 9.31 Å². The van der Waals surface area contributed by atoms with Gasteiger partial charge in [-0.25, -0.2) is 0 Å². The molecule has 4 aliphatic rings. The van der Waals surface area contributed by atoms with E-state index in [1.807, 2.05) is 77.5 Å². The summed E-state index contributed by atoms with van der Waals surface area (Å²) in [6.07, 6.45) is -13.8. The Balaban J connectivity index is 0.0000132. The van der Waals surface area contributed by atoms with Crippen LogP contribution < -0.4 is 4.74 Å². The Kier molecular flexibility index (Phi) is 6.88. The molecular formula is C75H78N2OPt-2. The number of aromatic nitrogens is 1. The first kappa shape index (κ1) is 26.2. The SMILES string of the molecule is [2H]c1cc(-c2cccc(-c3c([2H])c([2H])c4c(c3[2H])C(C([2H])([2H])[2H])(C([2H])([2H])[2H])C([2H])([2H])C([2H])([2H])C4(C([2H])([2H])[2H])C([2H])([2H])[2H])c2CCCCC[N+]2=[C-]C(c3[c-]c(Oc4[c-]c5c(cc4)-c4ccccc4C5c4cc(C(C)(C)C)ccn4)ccc3)c3ccccc32)c([2H])c2c1C(C([2H])([2H])[2H])(C([2H])([2H])[2H])C([2H])([2H])C([2H])([2H])C2(C([2H])([2H])[2H])C([2H])([2H])[2H].[Pt]. The molecule has 0 saturated carbocycles. The number of para-hydroxylation sites is 1. The van der Waals surface area contributed by atoms with E-state index in [1.54, 1.807) is 6.07 Å². The molecule has 0 fully saturated rings. The Hall–Kier alpha value is -6.15. The molecule has 0 radical (unpaired) electrons. The summed E-state index contributed by atoms with van der Waals surface area (Å²) in [5, 5.41) is 0. The second-order valence-corrected chi connectivity index (χ2v) is 21.5. The van der Waals surface area contributed by atoms with Gasteiger partial charge >= 0.3 is 0 Å². The molecule has 2 heterocycles. The maximum Gasteiger partial charge on any atom is 0.115 e. The summed E-state index contributed by atoms with van der Waals surface area (Å²) in [5.74, 6) is -0.0234. The third-order valence-corrected chi connectivity index (χ3v) is 15.0. The summed E-state index contributed by atoms with van der Waals surface area (Å²) in [6.45, 7) is -28.9. The van der Waals surface area contributed by atoms with E-state index in [0.29, 0.717) is 23.1 Å². The number of fused-ring (bicyclic) bond motifs is 6. The van der Waals surface area contributed by atoms with Crippen LogP contribution in [0.5, 0.6) is 11.5 Å². The van der Waals surface area contributed by atoms with E-state index in [-0.39, 0.29) is 63.8 Å². The van der Waals surface area contributed by atoms with Crippen molar-refractivity contribution >= 4 is 11.9 Å². The first-order valence-corrected chi connectivity index (χ1v) is 25.8. The van der Waals surface area contributed by atoms with Crippen molar-refractivity contribution in [3.8, 4) is 44.9 Å². The molecule has 1 aromatic heterocycles. The van der Waals surface area contributed by atoms with E-state index in [1.165, 1.54) is 0 Å². The van der Waals surface area contributed by atoms with Gasteiger partial charge in [0.05, 0.1) is 18.2 Å². The maximum absolute atomic E-state index is 10.2. The number of rotatable bonds is 12. The molecule has 3 aliphatic carbocycles. The minimum absolute atomic E-state index is 0. The molecule has 3 nitrogen and oxygen atoms in total. The van der Waals surface area contributed by atoms with E-state index in [4.69, 9.17) is 42.6 Å². The van der Waals surface area contributed by atoms with Crippen LogP contribution in [-0.4, -0.2) is 22.3 Å². The quantitative estimate of drug-likeness (QED) is 0.0692. The zero-order valence-electron chi connectivity index (χ0n) is 80.4. The zero-order valence-corrected chi connectivity index (χ0v) is 45.6. The standard InChI is InChI=1S/C75H78N2O.Pt/c1-71(2,3)52-36-41-76-68(46-52)70-61-26-15-14-24-58(61)59-33-32-54(47-62(59)70)78-53-22-19-21-49(43-53)63-48-77(69-29-17-16-25-60(63)69)42-18-12-13-23-57-55(50-30-34-64-66(44-50)74(8,9)39-37-72(64,4)5)27-20-28-56(57)51-31-35-65-67(45-51)75(10,11)40-38-73(65,6)7;/h14-17,19-22,24-36,41,44-46,63,70H,12-13,18,23,37-40,42H2,1-11H3;/q-2;/i4D3,5D3,6D3,7D3,8D3,9D3,10D3,11D3,30D,34D,35D,37D2,38D2,39D2,40D2,44D,45D;. The van der Waals surface area contributed by atoms with Crippen LogP contribution in [0.25, 0.3) is 33.4 Å². The van der Waals surface area contributed by atoms with E-state index in [2.05, 4.69) is 57.3 Å². The summed E-state index contributed by atoms with van der Waals surface area (Å²) < 4.78 is 347. The molecule has 0 spiro atoms. The van der Waals surface area contributed by atoms with E-state index in [9.17, 15) is 17.8 Å². The van der Waals surface area contributed by atoms with Crippen molar-refractivity contribution in [2.24, 2.45) is 0 Å². The molecule has 2 unspecified atom stereocenters. The van der Waals surface area contributed by atoms with Gasteiger partial charge in [-0.05, 0) is 151 Å². The molecule has 0 amide bonds. The number of nitrogens with zero attached hydrogens (tertiary/aromatic N) is 2. The summed E-state index contributed by atoms with van der Waals surface area (Å²) >= 11 is 0. The Labute approximate surface area is 539 Å². The molecule has 0 N–H and O–H groups in total. The smallest absolute Gasteiger partial charge is 0.115 e. The number of hydrogen-bond acceptors (Lipinski definition) is 2. The topological polar surface area (TPSA) is 25.1 Å². The zero-order chi connectivity index (χ0) is 85.9. The van der Waals surface area contributed by atoms with Crippen LogP contribution in [0.4, 0.5) is 5.69 Å². The van der Waals surface area contributed by atoms with Crippen molar-refractivity contribution in [3.63, 3.8) is 0 Å². The third-order valence-electron chi connectivity index (χ3n) is 15.0. The predicted molar refractivity (Wildman–Crippen MR) is 323 cm³/mol. The van der Waals surface area contributed by atoms with E-state index >= 15 is 0 Å². The molecule has 406 valence electrons. The number of pyridine rings is 1. The number of ether oxygens (including phenoxy) is 1. The van der Waals surface area contributed by atoms with Crippen molar-refractivity contribution in [1.82, 2.24) is 4.98 Å². The van der Waals surface area contributed by atoms with Crippen LogP contribution >= 0.6 is 0 Å². The largest absolute Gasteiger partial charge is 0.509 e. The van der Waals surface area contributed by atoms with Crippen molar-refractivity contribution in [2.75, 3.05) is 6.54 Å². The number of hydrogen-bond donors (Lipinski definition) is 0. The van der Waals surface area contributed by atoms with Gasteiger partial charge in [-0.15, -0.1) is 35.4 Å². The molecule has 4 heteroatoms. The Morgan fingerprint density at radius 1 is 0.620 bits per heavy atom. The Bertz CT molecular complexity index is 5200. The van der Waals surface area contributed by atoms with Gasteiger partial charge in [-0.1, -0.05) is 190 Å². The van der Waals surface area contributed by atoms with Crippen LogP contribution in [0.3, 0.4) is 0 Å². The van der Waals surface area contributed by atoms with Crippen LogP contribution in [0.15, 0.2) is 152 Å². The summed E-state index contributed by atoms with van der Waals surface area (Å²) in [4.78, 5) is 4.86. The average Bonchev–Trinajstić information content (AvgIpc) is 0.735. The van der Waals surface area contributed by atoms with Crippen LogP contribution in [0, 0.1) is 12.1 Å². The molecule has 12 rings (SSSR count). The number of benzene rings is 7. The number of unbranched alkanes of at least 4 members (excludes halogenated alkanes) is 2. The second kappa shape index (κ2) is 20.7. The van der Waals surface area contributed by atoms with Crippen molar-refractivity contribution in [2.45, 2.75) is 166 Å². The molecule has 0 bridgehead atoms. The summed E-state index contributed by atoms with van der Waals surface area (Å²) in [6, 6.07) is 31.8. The molecule has 79 heavy (non-hydrogen) atoms. The van der Waals surface area contributed by atoms with Crippen molar-refractivity contribution in [3.05, 3.63) is 225 Å². The first-order chi connectivity index (χ1) is 52.4. The van der Waals surface area contributed by atoms with Gasteiger partial charge in [0.1, 0.15) is 6.54 Å². The minimum Gasteiger partial charge on any atom is -0.509 e. The monoisotopic (exact) mass is 1250 g/mol. The van der Waals surface area contributed by atoms with Crippen LogP contribution in [-0.2, 0) is 54.6 Å². The first-order valence-electron chi connectivity index (χ1n) is 44.3. The van der Waals surface area contributed by atoms with Crippen molar-refractivity contribution < 1.29 is 81.1 Å². The molecular weight excluding hydrogens is 1140 g/mol. The Morgan fingerprint density at radius 3 is 1.99 bits per heavy atom. The van der Waals surface area contributed by atoms with E-state index < -0.39 is 189 Å². The summed E-state index contributed by atoms with van der Waals surface area (Å²) in [7, 11) is 0. The molecule has 2 atom stereocenters. The fraction of sp³-hybridized carbons (Fsp3) is 0.360. The van der Waals surface area contributed by atoms with Gasteiger partial charge in [0.15, 0.2) is 0 Å². The van der Waals surface area contributed by atoms with Gasteiger partial charge in [0, 0.05) is 101 Å². The second-order valence-electron chi connectivity index (χ2n) is 21.5. The molecule has 7 aromatic carbocycles. The molecule has 0 saturated heterocycles. The summed E-state index contributed by atoms with van der Waals surface area (Å²) in [5.41, 5.74) is -20.7. The fourth-order valence-electron chi connectivity index (χ4n) is 11.0. The van der Waals surface area contributed by atoms with Crippen LogP contribution in [0.1, 0.15) is 244 Å². The minimum atomic E-state index is -4.76. The van der Waals surface area contributed by atoms with Gasteiger partial charge in [-0.3, -0.25) is 4.98 Å². The molecule has 1 aliphatic heterocycles. The maximum atomic E-state index is 10.2. The fourth-order valence-corrected chi connectivity index (χ4v) is 11.0. The Morgan fingerprint density at radius 2 is 1.25 bits per heavy atom. The van der Waals surface area contributed by atoms with Gasteiger partial charge in [0.2, 0.25) is 0 Å². The van der Waals surface area contributed by atoms with Crippen LogP contribution in [0.2, 0.25) is 0 Å². The third kappa shape index (κ3) is 10.3. The average molecular weight is 1260 g/mol. The van der Waals surface area contributed by atoms with Gasteiger partial charge in [0.25, 0.3) is 0 Å². The van der Waals surface area contributed by atoms with Gasteiger partial charge in [-0.2, -0.15) is 23.8 Å². The van der Waals surface area contributed by atoms with Crippen molar-refractivity contribution in [1.29, 1.82) is 0 Å². The van der Waals surface area contributed by atoms with E-state index in [0.717, 1.165) is 63.0 Å². The predicted octanol–water partition coefficient (Wildman–Crippen LogP) is 19.1.